The van der Waals surface area contributed by atoms with Gasteiger partial charge in [-0.25, -0.2) is 5.43 Å². The quantitative estimate of drug-likeness (QED) is 0.555. The molecule has 0 aromatic heterocycles. The third-order valence-corrected chi connectivity index (χ3v) is 4.85. The standard InChI is InChI=1S/C23H27N3O3/c1-16-10-12-19(13-11-16)29-15-23(28)26-25-17(2)14-22(27)24-21-9-5-7-18-6-3-4-8-20(18)21/h5,7,9-13H,3-4,6,8,14-15H2,1-2H3,(H,24,27)(H,26,28)/b25-17-. The number of ether oxygens (including phenoxy) is 1. The third kappa shape index (κ3) is 6.17. The molecule has 6 heteroatoms. The maximum atomic E-state index is 12.4. The first kappa shape index (κ1) is 20.6. The first-order valence-corrected chi connectivity index (χ1v) is 9.93. The molecule has 2 aromatic rings. The molecule has 2 N–H and O–H groups in total. The van der Waals surface area contributed by atoms with Gasteiger partial charge in [-0.05, 0) is 68.9 Å². The lowest BCUT2D eigenvalue weighted by Crippen LogP contribution is -2.26. The lowest BCUT2D eigenvalue weighted by molar-refractivity contribution is -0.123. The summed E-state index contributed by atoms with van der Waals surface area (Å²) in [6.45, 7) is 3.56. The van der Waals surface area contributed by atoms with Gasteiger partial charge in [-0.3, -0.25) is 9.59 Å². The summed E-state index contributed by atoms with van der Waals surface area (Å²) in [5.74, 6) is 0.106. The Morgan fingerprint density at radius 1 is 1.03 bits per heavy atom. The predicted molar refractivity (Wildman–Crippen MR) is 114 cm³/mol. The molecule has 1 aliphatic rings. The Kier molecular flexibility index (Phi) is 7.00. The summed E-state index contributed by atoms with van der Waals surface area (Å²) >= 11 is 0. The number of carbonyl (C=O) groups excluding carboxylic acids is 2. The van der Waals surface area contributed by atoms with E-state index in [4.69, 9.17) is 4.74 Å². The number of nitrogens with one attached hydrogen (secondary N) is 2. The van der Waals surface area contributed by atoms with E-state index in [1.54, 1.807) is 6.92 Å². The fraction of sp³-hybridized carbons (Fsp3) is 0.348. The van der Waals surface area contributed by atoms with Gasteiger partial charge in [0, 0.05) is 11.4 Å². The topological polar surface area (TPSA) is 79.8 Å². The Bertz CT molecular complexity index is 904. The van der Waals surface area contributed by atoms with Crippen LogP contribution in [0.5, 0.6) is 5.75 Å². The Labute approximate surface area is 171 Å². The number of carbonyl (C=O) groups is 2. The average Bonchev–Trinajstić information content (AvgIpc) is 2.72. The van der Waals surface area contributed by atoms with Crippen molar-refractivity contribution in [2.45, 2.75) is 46.0 Å². The first-order valence-electron chi connectivity index (χ1n) is 9.93. The van der Waals surface area contributed by atoms with Crippen molar-refractivity contribution in [2.24, 2.45) is 5.10 Å². The summed E-state index contributed by atoms with van der Waals surface area (Å²) in [5.41, 5.74) is 7.52. The van der Waals surface area contributed by atoms with Crippen LogP contribution in [0.4, 0.5) is 5.69 Å². The number of fused-ring (bicyclic) bond motifs is 1. The second kappa shape index (κ2) is 9.87. The molecular weight excluding hydrogens is 366 g/mol. The number of benzene rings is 2. The monoisotopic (exact) mass is 393 g/mol. The average molecular weight is 393 g/mol. The fourth-order valence-electron chi connectivity index (χ4n) is 3.34. The number of nitrogens with zero attached hydrogens (tertiary/aromatic N) is 1. The molecule has 0 fully saturated rings. The lowest BCUT2D eigenvalue weighted by atomic mass is 9.90. The number of aryl methyl sites for hydroxylation is 2. The molecule has 152 valence electrons. The highest BCUT2D eigenvalue weighted by atomic mass is 16.5. The van der Waals surface area contributed by atoms with E-state index in [1.165, 1.54) is 17.5 Å². The van der Waals surface area contributed by atoms with Crippen molar-refractivity contribution in [1.29, 1.82) is 0 Å². The Balaban J connectivity index is 1.46. The molecule has 1 aliphatic carbocycles. The van der Waals surface area contributed by atoms with E-state index in [0.29, 0.717) is 11.5 Å². The highest BCUT2D eigenvalue weighted by Gasteiger charge is 2.14. The molecule has 0 unspecified atom stereocenters. The van der Waals surface area contributed by atoms with Crippen LogP contribution in [0, 0.1) is 6.92 Å². The van der Waals surface area contributed by atoms with Gasteiger partial charge in [-0.1, -0.05) is 29.8 Å². The third-order valence-electron chi connectivity index (χ3n) is 4.85. The first-order chi connectivity index (χ1) is 14.0. The van der Waals surface area contributed by atoms with E-state index in [0.717, 1.165) is 30.5 Å². The molecule has 0 bridgehead atoms. The van der Waals surface area contributed by atoms with Crippen LogP contribution in [0.1, 0.15) is 42.9 Å². The summed E-state index contributed by atoms with van der Waals surface area (Å²) in [5, 5.41) is 6.98. The maximum absolute atomic E-state index is 12.4. The molecule has 0 saturated heterocycles. The van der Waals surface area contributed by atoms with Crippen molar-refractivity contribution in [3.8, 4) is 5.75 Å². The van der Waals surface area contributed by atoms with Crippen LogP contribution in [0.25, 0.3) is 0 Å². The molecular formula is C23H27N3O3. The number of hydrogen-bond donors (Lipinski definition) is 2. The molecule has 0 spiro atoms. The van der Waals surface area contributed by atoms with Gasteiger partial charge in [0.1, 0.15) is 5.75 Å². The zero-order valence-corrected chi connectivity index (χ0v) is 17.0. The van der Waals surface area contributed by atoms with Crippen LogP contribution in [-0.4, -0.2) is 24.1 Å². The molecule has 3 rings (SSSR count). The summed E-state index contributed by atoms with van der Waals surface area (Å²) in [4.78, 5) is 24.2. The maximum Gasteiger partial charge on any atom is 0.277 e. The molecule has 6 nitrogen and oxygen atoms in total. The summed E-state index contributed by atoms with van der Waals surface area (Å²) in [7, 11) is 0. The summed E-state index contributed by atoms with van der Waals surface area (Å²) < 4.78 is 5.41. The zero-order chi connectivity index (χ0) is 20.6. The SMILES string of the molecule is C/C(CC(=O)Nc1cccc2c1CCCC2)=N/NC(=O)COc1ccc(C)cc1. The minimum atomic E-state index is -0.373. The van der Waals surface area contributed by atoms with Gasteiger partial charge in [0.05, 0.1) is 6.42 Å². The molecule has 0 atom stereocenters. The normalized spacial score (nSPS) is 13.4. The van der Waals surface area contributed by atoms with Crippen LogP contribution in [-0.2, 0) is 22.4 Å². The van der Waals surface area contributed by atoms with Crippen molar-refractivity contribution >= 4 is 23.2 Å². The van der Waals surface area contributed by atoms with E-state index in [1.807, 2.05) is 43.3 Å². The highest BCUT2D eigenvalue weighted by molar-refractivity contribution is 6.06. The van der Waals surface area contributed by atoms with Crippen LogP contribution in [0.3, 0.4) is 0 Å². The number of rotatable bonds is 7. The highest BCUT2D eigenvalue weighted by Crippen LogP contribution is 2.27. The van der Waals surface area contributed by atoms with Crippen LogP contribution >= 0.6 is 0 Å². The smallest absolute Gasteiger partial charge is 0.277 e. The van der Waals surface area contributed by atoms with E-state index >= 15 is 0 Å². The number of anilines is 1. The van der Waals surface area contributed by atoms with Crippen molar-refractivity contribution in [3.63, 3.8) is 0 Å². The molecule has 0 heterocycles. The van der Waals surface area contributed by atoms with Crippen LogP contribution in [0.2, 0.25) is 0 Å². The Morgan fingerprint density at radius 3 is 2.59 bits per heavy atom. The minimum absolute atomic E-state index is 0.114. The van der Waals surface area contributed by atoms with Gasteiger partial charge < -0.3 is 10.1 Å². The van der Waals surface area contributed by atoms with E-state index < -0.39 is 0 Å². The van der Waals surface area contributed by atoms with Crippen LogP contribution < -0.4 is 15.5 Å². The molecule has 0 aliphatic heterocycles. The largest absolute Gasteiger partial charge is 0.484 e. The number of hydrazone groups is 1. The number of hydrogen-bond acceptors (Lipinski definition) is 4. The Hall–Kier alpha value is -3.15. The summed E-state index contributed by atoms with van der Waals surface area (Å²) in [6, 6.07) is 13.5. The van der Waals surface area contributed by atoms with Gasteiger partial charge in [0.25, 0.3) is 5.91 Å². The van der Waals surface area contributed by atoms with Gasteiger partial charge in [0.15, 0.2) is 6.61 Å². The predicted octanol–water partition coefficient (Wildman–Crippen LogP) is 3.77. The molecule has 29 heavy (non-hydrogen) atoms. The second-order valence-corrected chi connectivity index (χ2v) is 7.36. The second-order valence-electron chi connectivity index (χ2n) is 7.36. The molecule has 0 radical (unpaired) electrons. The van der Waals surface area contributed by atoms with Crippen molar-refractivity contribution in [2.75, 3.05) is 11.9 Å². The van der Waals surface area contributed by atoms with E-state index in [9.17, 15) is 9.59 Å². The lowest BCUT2D eigenvalue weighted by Gasteiger charge is -2.19. The zero-order valence-electron chi connectivity index (χ0n) is 17.0. The van der Waals surface area contributed by atoms with Crippen molar-refractivity contribution in [1.82, 2.24) is 5.43 Å². The van der Waals surface area contributed by atoms with Gasteiger partial charge in [-0.15, -0.1) is 0 Å². The molecule has 0 saturated carbocycles. The number of amides is 2. The summed E-state index contributed by atoms with van der Waals surface area (Å²) in [6.07, 6.45) is 4.52. The van der Waals surface area contributed by atoms with E-state index in [2.05, 4.69) is 21.9 Å². The van der Waals surface area contributed by atoms with Crippen LogP contribution in [0.15, 0.2) is 47.6 Å². The van der Waals surface area contributed by atoms with Crippen molar-refractivity contribution < 1.29 is 14.3 Å². The fourth-order valence-corrected chi connectivity index (χ4v) is 3.34. The van der Waals surface area contributed by atoms with Gasteiger partial charge in [0.2, 0.25) is 5.91 Å². The Morgan fingerprint density at radius 2 is 1.79 bits per heavy atom. The van der Waals surface area contributed by atoms with Gasteiger partial charge in [-0.2, -0.15) is 5.10 Å². The van der Waals surface area contributed by atoms with Gasteiger partial charge >= 0.3 is 0 Å². The molecule has 2 aromatic carbocycles. The van der Waals surface area contributed by atoms with E-state index in [-0.39, 0.29) is 24.8 Å². The minimum Gasteiger partial charge on any atom is -0.484 e. The molecule has 2 amide bonds. The van der Waals surface area contributed by atoms with Crippen molar-refractivity contribution in [3.05, 3.63) is 59.2 Å².